The van der Waals surface area contributed by atoms with Crippen molar-refractivity contribution >= 4 is 23.6 Å². The van der Waals surface area contributed by atoms with Gasteiger partial charge in [0.15, 0.2) is 11.6 Å². The van der Waals surface area contributed by atoms with Crippen molar-refractivity contribution in [1.82, 2.24) is 10.9 Å². The zero-order valence-electron chi connectivity index (χ0n) is 22.3. The molecule has 10 nitrogen and oxygen atoms in total. The van der Waals surface area contributed by atoms with Gasteiger partial charge in [-0.15, -0.1) is 0 Å². The number of nitrogens with one attached hydrogen (secondary N) is 2. The molecule has 0 bridgehead atoms. The van der Waals surface area contributed by atoms with Crippen molar-refractivity contribution < 1.29 is 23.8 Å². The molecule has 0 aliphatic carbocycles. The number of carbonyl (C=O) groups is 1. The second-order valence-electron chi connectivity index (χ2n) is 9.12. The van der Waals surface area contributed by atoms with Crippen LogP contribution in [0.2, 0.25) is 0 Å². The quantitative estimate of drug-likeness (QED) is 0.0805. The minimum atomic E-state index is -1.54. The molecule has 0 saturated heterocycles. The molecule has 0 fully saturated rings. The number of aliphatic hydroxyl groups excluding tert-OH is 1. The number of halogens is 1. The van der Waals surface area contributed by atoms with Gasteiger partial charge >= 0.3 is 0 Å². The van der Waals surface area contributed by atoms with Crippen LogP contribution in [0.4, 0.5) is 10.1 Å². The molecule has 3 aromatic rings. The number of rotatable bonds is 14. The van der Waals surface area contributed by atoms with Crippen molar-refractivity contribution in [1.29, 1.82) is 0 Å². The number of aliphatic hydroxyl groups is 1. The van der Waals surface area contributed by atoms with E-state index in [0.717, 1.165) is 5.56 Å². The summed E-state index contributed by atoms with van der Waals surface area (Å²) in [6.45, 7) is -0.363. The maximum Gasteiger partial charge on any atom is 0.266 e. The Bertz CT molecular complexity index is 1410. The number of benzene rings is 3. The lowest BCUT2D eigenvalue weighted by molar-refractivity contribution is -0.129. The van der Waals surface area contributed by atoms with E-state index >= 15 is 0 Å². The van der Waals surface area contributed by atoms with Crippen molar-refractivity contribution in [2.24, 2.45) is 10.1 Å². The van der Waals surface area contributed by atoms with Crippen LogP contribution >= 0.6 is 0 Å². The maximum absolute atomic E-state index is 13.9. The van der Waals surface area contributed by atoms with Crippen LogP contribution in [0.25, 0.3) is 16.5 Å². The Morgan fingerprint density at radius 1 is 1.15 bits per heavy atom. The highest BCUT2D eigenvalue weighted by molar-refractivity contribution is 6.01. The van der Waals surface area contributed by atoms with E-state index in [9.17, 15) is 14.7 Å². The summed E-state index contributed by atoms with van der Waals surface area (Å²) in [6, 6.07) is 23.5. The third-order valence-electron chi connectivity index (χ3n) is 6.36. The molecule has 3 N–H and O–H groups in total. The fourth-order valence-electron chi connectivity index (χ4n) is 4.38. The van der Waals surface area contributed by atoms with Gasteiger partial charge in [-0.3, -0.25) is 10.2 Å². The molecule has 1 amide bonds. The highest BCUT2D eigenvalue weighted by atomic mass is 19.1. The monoisotopic (exact) mass is 558 g/mol. The predicted molar refractivity (Wildman–Crippen MR) is 154 cm³/mol. The molecule has 1 heterocycles. The van der Waals surface area contributed by atoms with E-state index in [-0.39, 0.29) is 25.5 Å². The smallest absolute Gasteiger partial charge is 0.266 e. The standard InChI is InChI=1S/C30H31FN6O4/c31-18-19-33-36-29(39)30(17-6-10-22-8-2-1-3-9-22)27(25-11-4-5-12-26(25)35-37-32)41-28(34-30)23-13-15-24(16-14-23)40-21-7-20-38/h1-6,8-16,27,33,38H,7,17-21H2,(H,36,39)/b10-6+/t27-,30-/m0/s1. The second kappa shape index (κ2) is 14.6. The number of hydrogen-bond donors (Lipinski definition) is 3. The Hall–Kier alpha value is -4.70. The van der Waals surface area contributed by atoms with Gasteiger partial charge in [-0.25, -0.2) is 14.8 Å². The van der Waals surface area contributed by atoms with Gasteiger partial charge in [-0.1, -0.05) is 71.9 Å². The zero-order valence-corrected chi connectivity index (χ0v) is 22.3. The van der Waals surface area contributed by atoms with Crippen molar-refractivity contribution in [3.05, 3.63) is 112 Å². The molecule has 3 aromatic carbocycles. The summed E-state index contributed by atoms with van der Waals surface area (Å²) in [5.41, 5.74) is 15.1. The summed E-state index contributed by atoms with van der Waals surface area (Å²) in [5.74, 6) is 0.279. The van der Waals surface area contributed by atoms with Crippen molar-refractivity contribution in [3.63, 3.8) is 0 Å². The summed E-state index contributed by atoms with van der Waals surface area (Å²) in [4.78, 5) is 21.7. The summed E-state index contributed by atoms with van der Waals surface area (Å²) >= 11 is 0. The van der Waals surface area contributed by atoms with Crippen LogP contribution in [0.5, 0.6) is 5.75 Å². The minimum Gasteiger partial charge on any atom is -0.494 e. The molecule has 212 valence electrons. The number of carbonyl (C=O) groups excluding carboxylic acids is 1. The largest absolute Gasteiger partial charge is 0.494 e. The van der Waals surface area contributed by atoms with Gasteiger partial charge in [0.05, 0.1) is 6.61 Å². The van der Waals surface area contributed by atoms with Crippen LogP contribution in [0.1, 0.15) is 35.6 Å². The predicted octanol–water partition coefficient (Wildman–Crippen LogP) is 5.34. The van der Waals surface area contributed by atoms with Gasteiger partial charge in [0.1, 0.15) is 12.4 Å². The van der Waals surface area contributed by atoms with Crippen molar-refractivity contribution in [2.45, 2.75) is 24.5 Å². The van der Waals surface area contributed by atoms with Crippen molar-refractivity contribution in [3.8, 4) is 5.75 Å². The van der Waals surface area contributed by atoms with Crippen LogP contribution in [0, 0.1) is 0 Å². The van der Waals surface area contributed by atoms with E-state index < -0.39 is 24.2 Å². The lowest BCUT2D eigenvalue weighted by Gasteiger charge is -2.30. The first-order chi connectivity index (χ1) is 20.1. The highest BCUT2D eigenvalue weighted by Gasteiger charge is 2.53. The Balaban J connectivity index is 1.77. The number of nitrogens with zero attached hydrogens (tertiary/aromatic N) is 4. The third-order valence-corrected chi connectivity index (χ3v) is 6.36. The van der Waals surface area contributed by atoms with E-state index in [0.29, 0.717) is 35.6 Å². The number of hydrazine groups is 1. The van der Waals surface area contributed by atoms with E-state index in [1.54, 1.807) is 48.5 Å². The van der Waals surface area contributed by atoms with Crippen LogP contribution in [-0.2, 0) is 9.53 Å². The molecule has 0 unspecified atom stereocenters. The topological polar surface area (TPSA) is 141 Å². The molecule has 4 rings (SSSR count). The summed E-state index contributed by atoms with van der Waals surface area (Å²) in [7, 11) is 0. The van der Waals surface area contributed by atoms with Crippen LogP contribution in [0.15, 0.2) is 95.0 Å². The Kier molecular flexibility index (Phi) is 10.4. The molecule has 2 atom stereocenters. The first kappa shape index (κ1) is 29.3. The molecule has 0 spiro atoms. The summed E-state index contributed by atoms with van der Waals surface area (Å²) in [5, 5.41) is 12.8. The van der Waals surface area contributed by atoms with Gasteiger partial charge in [0.2, 0.25) is 5.90 Å². The Labute approximate surface area is 237 Å². The lowest BCUT2D eigenvalue weighted by Crippen LogP contribution is -2.52. The van der Waals surface area contributed by atoms with Gasteiger partial charge < -0.3 is 14.6 Å². The van der Waals surface area contributed by atoms with Gasteiger partial charge in [0.25, 0.3) is 5.91 Å². The summed E-state index contributed by atoms with van der Waals surface area (Å²) < 4.78 is 24.9. The second-order valence-corrected chi connectivity index (χ2v) is 9.12. The molecular weight excluding hydrogens is 527 g/mol. The third kappa shape index (κ3) is 7.29. The van der Waals surface area contributed by atoms with Gasteiger partial charge in [-0.2, -0.15) is 0 Å². The number of amides is 1. The Morgan fingerprint density at radius 2 is 1.90 bits per heavy atom. The van der Waals surface area contributed by atoms with E-state index in [2.05, 4.69) is 20.9 Å². The number of alkyl halides is 1. The zero-order chi connectivity index (χ0) is 28.9. The number of hydrogen-bond acceptors (Lipinski definition) is 7. The highest BCUT2D eigenvalue weighted by Crippen LogP contribution is 2.45. The minimum absolute atomic E-state index is 0.0322. The fourth-order valence-corrected chi connectivity index (χ4v) is 4.38. The molecule has 41 heavy (non-hydrogen) atoms. The van der Waals surface area contributed by atoms with E-state index in [1.807, 2.05) is 42.5 Å². The first-order valence-corrected chi connectivity index (χ1v) is 13.2. The maximum atomic E-state index is 13.9. The molecular formula is C30H31FN6O4. The molecule has 0 saturated carbocycles. The van der Waals surface area contributed by atoms with E-state index in [4.69, 9.17) is 19.6 Å². The van der Waals surface area contributed by atoms with Gasteiger partial charge in [0, 0.05) is 47.7 Å². The number of aliphatic imine (C=N–C) groups is 1. The molecule has 1 aliphatic heterocycles. The first-order valence-electron chi connectivity index (χ1n) is 13.2. The Morgan fingerprint density at radius 3 is 2.63 bits per heavy atom. The summed E-state index contributed by atoms with van der Waals surface area (Å²) in [6.07, 6.45) is 3.36. The van der Waals surface area contributed by atoms with Crippen LogP contribution in [0.3, 0.4) is 0 Å². The van der Waals surface area contributed by atoms with Crippen molar-refractivity contribution in [2.75, 3.05) is 26.4 Å². The van der Waals surface area contributed by atoms with Crippen LogP contribution < -0.4 is 15.6 Å². The fraction of sp³-hybridized carbons (Fsp3) is 0.267. The molecule has 1 aliphatic rings. The average molecular weight is 559 g/mol. The SMILES string of the molecule is [N-]=[N+]=Nc1ccccc1[C@@H]1OC(c2ccc(OCCCO)cc2)=N[C@]1(C/C=C/c1ccccc1)C(=O)NNCCF. The van der Waals surface area contributed by atoms with E-state index in [1.165, 1.54) is 0 Å². The number of azide groups is 1. The molecule has 11 heteroatoms. The molecule has 0 aromatic heterocycles. The van der Waals surface area contributed by atoms with Gasteiger partial charge in [-0.05, 0) is 35.4 Å². The number of ether oxygens (including phenoxy) is 2. The van der Waals surface area contributed by atoms with Crippen LogP contribution in [-0.4, -0.2) is 48.9 Å². The normalized spacial score (nSPS) is 17.9. The molecule has 0 radical (unpaired) electrons. The average Bonchev–Trinajstić information content (AvgIpc) is 3.39. The lowest BCUT2D eigenvalue weighted by atomic mass is 9.83.